The Morgan fingerprint density at radius 3 is 2.33 bits per heavy atom. The second kappa shape index (κ2) is 4.08. The Morgan fingerprint density at radius 1 is 1.40 bits per heavy atom. The second-order valence-electron chi connectivity index (χ2n) is 3.87. The van der Waals surface area contributed by atoms with Crippen molar-refractivity contribution in [3.8, 4) is 0 Å². The zero-order valence-corrected chi connectivity index (χ0v) is 8.64. The molecule has 3 atom stereocenters. The summed E-state index contributed by atoms with van der Waals surface area (Å²) < 4.78 is 0. The second-order valence-corrected chi connectivity index (χ2v) is 3.87. The normalized spacial score (nSPS) is 32.1. The number of nitrogens with two attached hydrogens (primary N) is 1. The molecule has 2 unspecified atom stereocenters. The van der Waals surface area contributed by atoms with Crippen LogP contribution >= 0.6 is 0 Å². The van der Waals surface area contributed by atoms with Gasteiger partial charge in [-0.3, -0.25) is 19.3 Å². The van der Waals surface area contributed by atoms with Crippen molar-refractivity contribution >= 4 is 17.5 Å². The van der Waals surface area contributed by atoms with Crippen molar-refractivity contribution in [3.63, 3.8) is 0 Å². The van der Waals surface area contributed by atoms with Gasteiger partial charge in [-0.15, -0.1) is 0 Å². The maximum absolute atomic E-state index is 11.7. The topological polar surface area (TPSA) is 101 Å². The lowest BCUT2D eigenvalue weighted by atomic mass is 9.80. The molecule has 1 rings (SSSR count). The van der Waals surface area contributed by atoms with Gasteiger partial charge in [0, 0.05) is 6.42 Å². The zero-order valence-electron chi connectivity index (χ0n) is 8.64. The number of primary amides is 1. The third kappa shape index (κ3) is 2.05. The summed E-state index contributed by atoms with van der Waals surface area (Å²) >= 11 is 0. The van der Waals surface area contributed by atoms with E-state index in [1.54, 1.807) is 19.0 Å². The minimum atomic E-state index is -1.50. The summed E-state index contributed by atoms with van der Waals surface area (Å²) in [4.78, 5) is 35.5. The van der Waals surface area contributed by atoms with Gasteiger partial charge in [-0.2, -0.15) is 0 Å². The van der Waals surface area contributed by atoms with E-state index in [4.69, 9.17) is 5.73 Å². The van der Waals surface area contributed by atoms with Gasteiger partial charge in [0.2, 0.25) is 5.91 Å². The summed E-state index contributed by atoms with van der Waals surface area (Å²) in [5.74, 6) is -3.80. The predicted octanol–water partition coefficient (Wildman–Crippen LogP) is -2.08. The van der Waals surface area contributed by atoms with Gasteiger partial charge in [0.1, 0.15) is 6.10 Å². The molecule has 0 radical (unpaired) electrons. The highest BCUT2D eigenvalue weighted by Gasteiger charge is 2.46. The standard InChI is InChI=1S/C9H14N2O4/c1-11(2)4-3-5(12)8(14)6(7(4)13)9(10)15/h4-6,12H,3H2,1-2H3,(H2,10,15)/t4?,5-,6?/m1/s1. The van der Waals surface area contributed by atoms with Crippen molar-refractivity contribution in [2.45, 2.75) is 18.6 Å². The number of carbonyl (C=O) groups excluding carboxylic acids is 3. The third-order valence-electron chi connectivity index (χ3n) is 2.58. The van der Waals surface area contributed by atoms with Gasteiger partial charge in [0.05, 0.1) is 6.04 Å². The number of rotatable bonds is 2. The first-order valence-electron chi connectivity index (χ1n) is 4.57. The molecule has 1 aliphatic rings. The number of carbonyl (C=O) groups is 3. The number of aliphatic hydroxyl groups excluding tert-OH is 1. The molecule has 1 saturated carbocycles. The van der Waals surface area contributed by atoms with Crippen LogP contribution in [0.3, 0.4) is 0 Å². The third-order valence-corrected chi connectivity index (χ3v) is 2.58. The highest BCUT2D eigenvalue weighted by Crippen LogP contribution is 2.21. The van der Waals surface area contributed by atoms with Crippen LogP contribution in [0.25, 0.3) is 0 Å². The predicted molar refractivity (Wildman–Crippen MR) is 50.8 cm³/mol. The summed E-state index contributed by atoms with van der Waals surface area (Å²) in [6, 6.07) is -0.629. The lowest BCUT2D eigenvalue weighted by Gasteiger charge is -2.32. The van der Waals surface area contributed by atoms with E-state index in [-0.39, 0.29) is 6.42 Å². The molecule has 0 heterocycles. The smallest absolute Gasteiger partial charge is 0.235 e. The number of aliphatic hydroxyl groups is 1. The quantitative estimate of drug-likeness (QED) is 0.514. The number of hydrogen-bond acceptors (Lipinski definition) is 5. The molecule has 84 valence electrons. The van der Waals surface area contributed by atoms with Crippen LogP contribution in [0.1, 0.15) is 6.42 Å². The number of hydrogen-bond donors (Lipinski definition) is 2. The van der Waals surface area contributed by atoms with E-state index in [0.717, 1.165) is 0 Å². The van der Waals surface area contributed by atoms with Gasteiger partial charge in [0.25, 0.3) is 0 Å². The number of amides is 1. The van der Waals surface area contributed by atoms with Crippen LogP contribution in [0.15, 0.2) is 0 Å². The molecule has 0 aromatic carbocycles. The minimum Gasteiger partial charge on any atom is -0.385 e. The van der Waals surface area contributed by atoms with E-state index >= 15 is 0 Å². The van der Waals surface area contributed by atoms with Crippen molar-refractivity contribution in [3.05, 3.63) is 0 Å². The van der Waals surface area contributed by atoms with Crippen LogP contribution < -0.4 is 5.73 Å². The monoisotopic (exact) mass is 214 g/mol. The number of ketones is 2. The van der Waals surface area contributed by atoms with E-state index in [0.29, 0.717) is 0 Å². The van der Waals surface area contributed by atoms with Gasteiger partial charge >= 0.3 is 0 Å². The minimum absolute atomic E-state index is 0.0223. The molecule has 0 spiro atoms. The van der Waals surface area contributed by atoms with Gasteiger partial charge in [-0.1, -0.05) is 0 Å². The maximum atomic E-state index is 11.7. The van der Waals surface area contributed by atoms with Crippen LogP contribution in [0.4, 0.5) is 0 Å². The molecule has 15 heavy (non-hydrogen) atoms. The first kappa shape index (κ1) is 11.8. The van der Waals surface area contributed by atoms with Crippen molar-refractivity contribution < 1.29 is 19.5 Å². The van der Waals surface area contributed by atoms with Crippen molar-refractivity contribution in [1.29, 1.82) is 0 Å². The van der Waals surface area contributed by atoms with E-state index in [1.165, 1.54) is 0 Å². The molecule has 3 N–H and O–H groups in total. The largest absolute Gasteiger partial charge is 0.385 e. The molecule has 0 bridgehead atoms. The van der Waals surface area contributed by atoms with Gasteiger partial charge in [-0.05, 0) is 14.1 Å². The molecule has 1 fully saturated rings. The first-order valence-corrected chi connectivity index (χ1v) is 4.57. The number of likely N-dealkylation sites (N-methyl/N-ethyl adjacent to an activating group) is 1. The summed E-state index contributed by atoms with van der Waals surface area (Å²) in [6.45, 7) is 0. The number of Topliss-reactive ketones (excluding diaryl/α,β-unsaturated/α-hetero) is 2. The van der Waals surface area contributed by atoms with Gasteiger partial charge in [0.15, 0.2) is 17.5 Å². The van der Waals surface area contributed by atoms with Gasteiger partial charge in [-0.25, -0.2) is 0 Å². The van der Waals surface area contributed by atoms with Crippen LogP contribution in [-0.4, -0.2) is 53.7 Å². The molecule has 6 nitrogen and oxygen atoms in total. The van der Waals surface area contributed by atoms with Crippen LogP contribution in [0.5, 0.6) is 0 Å². The lowest BCUT2D eigenvalue weighted by molar-refractivity contribution is -0.150. The Labute approximate surface area is 87.0 Å². The summed E-state index contributed by atoms with van der Waals surface area (Å²) in [5.41, 5.74) is 4.96. The molecular formula is C9H14N2O4. The Kier molecular flexibility index (Phi) is 3.21. The molecule has 0 saturated heterocycles. The number of nitrogens with zero attached hydrogens (tertiary/aromatic N) is 1. The van der Waals surface area contributed by atoms with Crippen LogP contribution in [-0.2, 0) is 14.4 Å². The summed E-state index contributed by atoms with van der Waals surface area (Å²) in [6.07, 6.45) is -1.26. The van der Waals surface area contributed by atoms with Crippen molar-refractivity contribution in [2.75, 3.05) is 14.1 Å². The Morgan fingerprint density at radius 2 is 1.93 bits per heavy atom. The SMILES string of the molecule is CN(C)C1C[C@@H](O)C(=O)C(C(N)=O)C1=O. The molecule has 0 aromatic rings. The Balaban J connectivity index is 2.99. The fourth-order valence-corrected chi connectivity index (χ4v) is 1.71. The van der Waals surface area contributed by atoms with Crippen LogP contribution in [0, 0.1) is 5.92 Å². The van der Waals surface area contributed by atoms with E-state index in [2.05, 4.69) is 0 Å². The fraction of sp³-hybridized carbons (Fsp3) is 0.667. The molecule has 1 aliphatic carbocycles. The zero-order chi connectivity index (χ0) is 11.7. The Hall–Kier alpha value is -1.27. The summed E-state index contributed by atoms with van der Waals surface area (Å²) in [5, 5.41) is 9.40. The average molecular weight is 214 g/mol. The van der Waals surface area contributed by atoms with Crippen LogP contribution in [0.2, 0.25) is 0 Å². The average Bonchev–Trinajstić information content (AvgIpc) is 2.10. The molecular weight excluding hydrogens is 200 g/mol. The first-order chi connectivity index (χ1) is 6.86. The lowest BCUT2D eigenvalue weighted by Crippen LogP contribution is -2.55. The maximum Gasteiger partial charge on any atom is 0.235 e. The molecule has 1 amide bonds. The molecule has 0 aliphatic heterocycles. The Bertz CT molecular complexity index is 313. The highest BCUT2D eigenvalue weighted by atomic mass is 16.3. The van der Waals surface area contributed by atoms with E-state index < -0.39 is 35.5 Å². The van der Waals surface area contributed by atoms with E-state index in [9.17, 15) is 19.5 Å². The fourth-order valence-electron chi connectivity index (χ4n) is 1.71. The summed E-state index contributed by atoms with van der Waals surface area (Å²) in [7, 11) is 3.28. The van der Waals surface area contributed by atoms with Gasteiger partial charge < -0.3 is 10.8 Å². The molecule has 6 heteroatoms. The van der Waals surface area contributed by atoms with Crippen molar-refractivity contribution in [2.24, 2.45) is 11.7 Å². The highest BCUT2D eigenvalue weighted by molar-refractivity contribution is 6.22. The molecule has 0 aromatic heterocycles. The van der Waals surface area contributed by atoms with E-state index in [1.807, 2.05) is 0 Å². The van der Waals surface area contributed by atoms with Crippen molar-refractivity contribution in [1.82, 2.24) is 4.90 Å².